The number of rotatable bonds is 5. The van der Waals surface area contributed by atoms with Crippen LogP contribution in [0, 0.1) is 0 Å². The van der Waals surface area contributed by atoms with Crippen LogP contribution in [0.25, 0.3) is 10.2 Å². The van der Waals surface area contributed by atoms with Crippen molar-refractivity contribution in [2.75, 3.05) is 44.2 Å². The Labute approximate surface area is 189 Å². The highest BCUT2D eigenvalue weighted by molar-refractivity contribution is 7.22. The molecular weight excluding hydrogens is 428 g/mol. The third-order valence-electron chi connectivity index (χ3n) is 5.73. The third-order valence-corrected chi connectivity index (χ3v) is 6.81. The molecule has 9 heteroatoms. The topological polar surface area (TPSA) is 83.1 Å². The average Bonchev–Trinajstić information content (AvgIpc) is 3.34. The van der Waals surface area contributed by atoms with E-state index in [9.17, 15) is 14.4 Å². The number of piperazine rings is 1. The van der Waals surface area contributed by atoms with Crippen LogP contribution >= 0.6 is 11.3 Å². The molecule has 0 radical (unpaired) electrons. The quantitative estimate of drug-likeness (QED) is 0.556. The second-order valence-electron chi connectivity index (χ2n) is 7.67. The van der Waals surface area contributed by atoms with Gasteiger partial charge in [0.2, 0.25) is 5.91 Å². The van der Waals surface area contributed by atoms with Crippen molar-refractivity contribution in [3.63, 3.8) is 0 Å². The minimum atomic E-state index is -0.404. The van der Waals surface area contributed by atoms with Crippen LogP contribution in [-0.4, -0.2) is 71.8 Å². The summed E-state index contributed by atoms with van der Waals surface area (Å²) in [5, 5.41) is 0.918. The van der Waals surface area contributed by atoms with Crippen molar-refractivity contribution < 1.29 is 19.1 Å². The minimum Gasteiger partial charge on any atom is -0.494 e. The van der Waals surface area contributed by atoms with Gasteiger partial charge < -0.3 is 14.5 Å². The van der Waals surface area contributed by atoms with Crippen molar-refractivity contribution in [1.29, 1.82) is 0 Å². The summed E-state index contributed by atoms with van der Waals surface area (Å²) < 4.78 is 6.63. The molecule has 1 fully saturated rings. The van der Waals surface area contributed by atoms with Gasteiger partial charge in [0.25, 0.3) is 11.8 Å². The number of benzene rings is 2. The van der Waals surface area contributed by atoms with Crippen LogP contribution in [-0.2, 0) is 4.79 Å². The van der Waals surface area contributed by atoms with Gasteiger partial charge in [-0.3, -0.25) is 19.3 Å². The number of anilines is 1. The van der Waals surface area contributed by atoms with Gasteiger partial charge in [0.15, 0.2) is 5.13 Å². The van der Waals surface area contributed by atoms with Crippen LogP contribution < -0.4 is 9.64 Å². The molecule has 0 unspecified atom stereocenters. The normalized spacial score (nSPS) is 16.1. The maximum atomic E-state index is 12.8. The van der Waals surface area contributed by atoms with E-state index in [0.717, 1.165) is 26.0 Å². The number of ether oxygens (including phenoxy) is 1. The first kappa shape index (κ1) is 20.4. The second kappa shape index (κ2) is 8.23. The highest BCUT2D eigenvalue weighted by Crippen LogP contribution is 2.32. The molecule has 0 atom stereocenters. The van der Waals surface area contributed by atoms with Crippen LogP contribution in [0.4, 0.5) is 5.13 Å². The van der Waals surface area contributed by atoms with Gasteiger partial charge in [-0.25, -0.2) is 4.98 Å². The predicted molar refractivity (Wildman–Crippen MR) is 121 cm³/mol. The molecule has 3 amide bonds. The highest BCUT2D eigenvalue weighted by atomic mass is 32.1. The van der Waals surface area contributed by atoms with E-state index in [1.165, 1.54) is 0 Å². The Balaban J connectivity index is 1.21. The molecule has 2 aromatic carbocycles. The van der Waals surface area contributed by atoms with E-state index in [2.05, 4.69) is 4.90 Å². The Morgan fingerprint density at radius 2 is 1.72 bits per heavy atom. The summed E-state index contributed by atoms with van der Waals surface area (Å²) >= 11 is 1.61. The lowest BCUT2D eigenvalue weighted by molar-refractivity contribution is -0.131. The summed E-state index contributed by atoms with van der Waals surface area (Å²) in [6.07, 6.45) is 0. The van der Waals surface area contributed by atoms with Gasteiger partial charge in [-0.1, -0.05) is 23.5 Å². The lowest BCUT2D eigenvalue weighted by atomic mass is 10.1. The van der Waals surface area contributed by atoms with Gasteiger partial charge in [-0.2, -0.15) is 0 Å². The number of carbonyl (C=O) groups is 3. The van der Waals surface area contributed by atoms with Crippen LogP contribution in [0.1, 0.15) is 27.6 Å². The summed E-state index contributed by atoms with van der Waals surface area (Å²) in [5.74, 6) is -0.194. The molecule has 2 aliphatic rings. The molecule has 5 rings (SSSR count). The zero-order valence-electron chi connectivity index (χ0n) is 17.6. The number of carbonyl (C=O) groups excluding carboxylic acids is 3. The molecule has 164 valence electrons. The van der Waals surface area contributed by atoms with Gasteiger partial charge >= 0.3 is 0 Å². The third kappa shape index (κ3) is 3.58. The van der Waals surface area contributed by atoms with Gasteiger partial charge in [-0.15, -0.1) is 0 Å². The van der Waals surface area contributed by atoms with Crippen molar-refractivity contribution in [1.82, 2.24) is 14.8 Å². The summed E-state index contributed by atoms with van der Waals surface area (Å²) in [7, 11) is 0. The smallest absolute Gasteiger partial charge is 0.262 e. The number of hydrogen-bond donors (Lipinski definition) is 0. The molecule has 3 aromatic rings. The Kier molecular flexibility index (Phi) is 5.26. The highest BCUT2D eigenvalue weighted by Gasteiger charge is 2.37. The summed E-state index contributed by atoms with van der Waals surface area (Å²) in [6, 6.07) is 12.6. The van der Waals surface area contributed by atoms with Gasteiger partial charge in [0, 0.05) is 26.2 Å². The molecule has 0 saturated carbocycles. The first-order valence-corrected chi connectivity index (χ1v) is 11.4. The fourth-order valence-electron chi connectivity index (χ4n) is 4.05. The van der Waals surface area contributed by atoms with E-state index in [1.54, 1.807) is 40.5 Å². The largest absolute Gasteiger partial charge is 0.494 e. The summed E-state index contributed by atoms with van der Waals surface area (Å²) in [6.45, 7) is 4.67. The van der Waals surface area contributed by atoms with Crippen molar-refractivity contribution in [2.24, 2.45) is 0 Å². The fourth-order valence-corrected chi connectivity index (χ4v) is 5.10. The summed E-state index contributed by atoms with van der Waals surface area (Å²) in [4.78, 5) is 47.5. The molecule has 0 spiro atoms. The Morgan fingerprint density at radius 1 is 1.03 bits per heavy atom. The number of amides is 3. The van der Waals surface area contributed by atoms with E-state index in [0.29, 0.717) is 43.9 Å². The minimum absolute atomic E-state index is 0.218. The standard InChI is InChI=1S/C23H22N4O4S/c1-2-31-15-7-8-18-19(13-15)32-23(24-18)26-11-9-25(10-12-26)20(28)14-27-21(29)16-5-3-4-6-17(16)22(27)30/h3-8,13H,2,9-12,14H2,1H3. The zero-order chi connectivity index (χ0) is 22.2. The van der Waals surface area contributed by atoms with Gasteiger partial charge in [0.1, 0.15) is 12.3 Å². The molecule has 1 aromatic heterocycles. The van der Waals surface area contributed by atoms with Crippen molar-refractivity contribution in [2.45, 2.75) is 6.92 Å². The molecule has 0 aliphatic carbocycles. The SMILES string of the molecule is CCOc1ccc2nc(N3CCN(C(=O)CN4C(=O)c5ccccc5C4=O)CC3)sc2c1. The predicted octanol–water partition coefficient (Wildman–Crippen LogP) is 2.64. The molecular formula is C23H22N4O4S. The van der Waals surface area contributed by atoms with Gasteiger partial charge in [-0.05, 0) is 37.3 Å². The monoisotopic (exact) mass is 450 g/mol. The maximum absolute atomic E-state index is 12.8. The number of thiazole rings is 1. The van der Waals surface area contributed by atoms with Crippen molar-refractivity contribution >= 4 is 44.4 Å². The summed E-state index contributed by atoms with van der Waals surface area (Å²) in [5.41, 5.74) is 1.65. The number of imide groups is 1. The first-order valence-electron chi connectivity index (χ1n) is 10.6. The second-order valence-corrected chi connectivity index (χ2v) is 8.68. The maximum Gasteiger partial charge on any atom is 0.262 e. The van der Waals surface area contributed by atoms with E-state index >= 15 is 0 Å². The Bertz CT molecular complexity index is 1180. The molecule has 0 N–H and O–H groups in total. The average molecular weight is 451 g/mol. The van der Waals surface area contributed by atoms with Crippen LogP contribution in [0.3, 0.4) is 0 Å². The first-order chi connectivity index (χ1) is 15.5. The Hall–Kier alpha value is -3.46. The molecule has 3 heterocycles. The zero-order valence-corrected chi connectivity index (χ0v) is 18.4. The number of aromatic nitrogens is 1. The Morgan fingerprint density at radius 3 is 2.38 bits per heavy atom. The fraction of sp³-hybridized carbons (Fsp3) is 0.304. The van der Waals surface area contributed by atoms with E-state index in [-0.39, 0.29) is 12.5 Å². The lowest BCUT2D eigenvalue weighted by Gasteiger charge is -2.35. The lowest BCUT2D eigenvalue weighted by Crippen LogP contribution is -2.51. The number of fused-ring (bicyclic) bond motifs is 2. The van der Waals surface area contributed by atoms with Crippen LogP contribution in [0.15, 0.2) is 42.5 Å². The van der Waals surface area contributed by atoms with Gasteiger partial charge in [0.05, 0.1) is 28.0 Å². The van der Waals surface area contributed by atoms with Crippen LogP contribution in [0.5, 0.6) is 5.75 Å². The molecule has 1 saturated heterocycles. The molecule has 32 heavy (non-hydrogen) atoms. The number of hydrogen-bond acceptors (Lipinski definition) is 7. The van der Waals surface area contributed by atoms with E-state index < -0.39 is 11.8 Å². The molecule has 2 aliphatic heterocycles. The van der Waals surface area contributed by atoms with Crippen LogP contribution in [0.2, 0.25) is 0 Å². The van der Waals surface area contributed by atoms with E-state index in [1.807, 2.05) is 25.1 Å². The number of nitrogens with zero attached hydrogens (tertiary/aromatic N) is 4. The van der Waals surface area contributed by atoms with E-state index in [4.69, 9.17) is 9.72 Å². The molecule has 8 nitrogen and oxygen atoms in total. The van der Waals surface area contributed by atoms with Crippen molar-refractivity contribution in [3.05, 3.63) is 53.6 Å². The molecule has 0 bridgehead atoms. The van der Waals surface area contributed by atoms with Crippen molar-refractivity contribution in [3.8, 4) is 5.75 Å².